The second kappa shape index (κ2) is 9.05. The topological polar surface area (TPSA) is 130 Å². The summed E-state index contributed by atoms with van der Waals surface area (Å²) >= 11 is 0. The minimum Gasteiger partial charge on any atom is -0.493 e. The van der Waals surface area contributed by atoms with Gasteiger partial charge in [-0.2, -0.15) is 0 Å². The van der Waals surface area contributed by atoms with E-state index >= 15 is 0 Å². The first kappa shape index (κ1) is 20.8. The molecule has 0 aromatic heterocycles. The van der Waals surface area contributed by atoms with Gasteiger partial charge in [0, 0.05) is 5.56 Å². The summed E-state index contributed by atoms with van der Waals surface area (Å²) in [5, 5.41) is 2.55. The molecule has 3 rings (SSSR count). The SMILES string of the molecule is COc1cc(C(=O)NC(=Cc2ccc3c(c2)OCO3)C(=O)NN)cc(OC)c1OC. The van der Waals surface area contributed by atoms with Crippen LogP contribution in [0.25, 0.3) is 6.08 Å². The highest BCUT2D eigenvalue weighted by atomic mass is 16.7. The predicted octanol–water partition coefficient (Wildman–Crippen LogP) is 1.20. The molecule has 0 atom stereocenters. The number of ether oxygens (including phenoxy) is 5. The molecule has 10 heteroatoms. The summed E-state index contributed by atoms with van der Waals surface area (Å²) < 4.78 is 26.4. The van der Waals surface area contributed by atoms with Crippen molar-refractivity contribution >= 4 is 17.9 Å². The molecule has 30 heavy (non-hydrogen) atoms. The van der Waals surface area contributed by atoms with Crippen LogP contribution >= 0.6 is 0 Å². The van der Waals surface area contributed by atoms with Gasteiger partial charge in [0.2, 0.25) is 12.5 Å². The van der Waals surface area contributed by atoms with Crippen molar-refractivity contribution < 1.29 is 33.3 Å². The zero-order valence-corrected chi connectivity index (χ0v) is 16.6. The molecule has 0 saturated carbocycles. The highest BCUT2D eigenvalue weighted by molar-refractivity contribution is 6.05. The Hall–Kier alpha value is -3.92. The third-order valence-corrected chi connectivity index (χ3v) is 4.26. The van der Waals surface area contributed by atoms with Crippen LogP contribution in [0.15, 0.2) is 36.0 Å². The predicted molar refractivity (Wildman–Crippen MR) is 106 cm³/mol. The van der Waals surface area contributed by atoms with Crippen molar-refractivity contribution in [3.63, 3.8) is 0 Å². The largest absolute Gasteiger partial charge is 0.493 e. The smallest absolute Gasteiger partial charge is 0.281 e. The average Bonchev–Trinajstić information content (AvgIpc) is 3.24. The first-order valence-corrected chi connectivity index (χ1v) is 8.74. The standard InChI is InChI=1S/C20H21N3O7/c1-26-16-8-12(9-17(27-2)18(16)28-3)19(24)22-13(20(25)23-21)6-11-4-5-14-15(7-11)30-10-29-14/h4-9H,10,21H2,1-3H3,(H,22,24)(H,23,25). The van der Waals surface area contributed by atoms with Gasteiger partial charge in [-0.25, -0.2) is 5.84 Å². The van der Waals surface area contributed by atoms with Crippen molar-refractivity contribution in [2.75, 3.05) is 28.1 Å². The van der Waals surface area contributed by atoms with Crippen LogP contribution in [-0.2, 0) is 4.79 Å². The molecule has 2 aromatic carbocycles. The van der Waals surface area contributed by atoms with Crippen LogP contribution in [0, 0.1) is 0 Å². The fourth-order valence-corrected chi connectivity index (χ4v) is 2.81. The van der Waals surface area contributed by atoms with Crippen LogP contribution in [0.5, 0.6) is 28.7 Å². The van der Waals surface area contributed by atoms with Gasteiger partial charge in [0.05, 0.1) is 21.3 Å². The van der Waals surface area contributed by atoms with Gasteiger partial charge in [-0.3, -0.25) is 15.0 Å². The molecule has 0 saturated heterocycles. The maximum absolute atomic E-state index is 12.8. The summed E-state index contributed by atoms with van der Waals surface area (Å²) in [5.41, 5.74) is 2.72. The maximum Gasteiger partial charge on any atom is 0.281 e. The first-order chi connectivity index (χ1) is 14.5. The number of benzene rings is 2. The van der Waals surface area contributed by atoms with Crippen molar-refractivity contribution in [3.8, 4) is 28.7 Å². The molecule has 0 aliphatic carbocycles. The van der Waals surface area contributed by atoms with Crippen LogP contribution in [0.1, 0.15) is 15.9 Å². The highest BCUT2D eigenvalue weighted by Crippen LogP contribution is 2.38. The lowest BCUT2D eigenvalue weighted by atomic mass is 10.1. The van der Waals surface area contributed by atoms with E-state index in [-0.39, 0.29) is 18.1 Å². The third kappa shape index (κ3) is 4.23. The number of carbonyl (C=O) groups is 2. The van der Waals surface area contributed by atoms with E-state index in [1.54, 1.807) is 18.2 Å². The molecule has 0 bridgehead atoms. The zero-order chi connectivity index (χ0) is 21.7. The number of amides is 2. The summed E-state index contributed by atoms with van der Waals surface area (Å²) in [6, 6.07) is 8.03. The van der Waals surface area contributed by atoms with E-state index in [2.05, 4.69) is 5.32 Å². The van der Waals surface area contributed by atoms with Gasteiger partial charge in [-0.05, 0) is 35.9 Å². The summed E-state index contributed by atoms with van der Waals surface area (Å²) in [6.45, 7) is 0.122. The highest BCUT2D eigenvalue weighted by Gasteiger charge is 2.20. The van der Waals surface area contributed by atoms with E-state index < -0.39 is 11.8 Å². The van der Waals surface area contributed by atoms with E-state index in [1.165, 1.54) is 39.5 Å². The summed E-state index contributed by atoms with van der Waals surface area (Å²) in [5.74, 6) is 6.07. The van der Waals surface area contributed by atoms with Gasteiger partial charge in [-0.15, -0.1) is 0 Å². The Morgan fingerprint density at radius 1 is 1.00 bits per heavy atom. The van der Waals surface area contributed by atoms with E-state index in [4.69, 9.17) is 29.5 Å². The van der Waals surface area contributed by atoms with Gasteiger partial charge < -0.3 is 29.0 Å². The molecule has 158 valence electrons. The van der Waals surface area contributed by atoms with Crippen LogP contribution in [0.3, 0.4) is 0 Å². The average molecular weight is 415 g/mol. The fourth-order valence-electron chi connectivity index (χ4n) is 2.81. The van der Waals surface area contributed by atoms with Crippen LogP contribution in [-0.4, -0.2) is 39.9 Å². The molecule has 1 heterocycles. The molecular weight excluding hydrogens is 394 g/mol. The molecule has 1 aliphatic heterocycles. The molecular formula is C20H21N3O7. The monoisotopic (exact) mass is 415 g/mol. The number of carbonyl (C=O) groups excluding carboxylic acids is 2. The zero-order valence-electron chi connectivity index (χ0n) is 16.6. The molecule has 0 radical (unpaired) electrons. The Morgan fingerprint density at radius 3 is 2.27 bits per heavy atom. The van der Waals surface area contributed by atoms with E-state index in [9.17, 15) is 9.59 Å². The van der Waals surface area contributed by atoms with E-state index in [0.29, 0.717) is 34.3 Å². The molecule has 10 nitrogen and oxygen atoms in total. The van der Waals surface area contributed by atoms with Crippen molar-refractivity contribution in [1.29, 1.82) is 0 Å². The molecule has 0 spiro atoms. The van der Waals surface area contributed by atoms with Crippen LogP contribution < -0.4 is 40.3 Å². The summed E-state index contributed by atoms with van der Waals surface area (Å²) in [4.78, 5) is 25.0. The number of hydrazine groups is 1. The number of fused-ring (bicyclic) bond motifs is 1. The Kier molecular flexibility index (Phi) is 6.28. The lowest BCUT2D eigenvalue weighted by Gasteiger charge is -2.14. The van der Waals surface area contributed by atoms with Crippen LogP contribution in [0.4, 0.5) is 0 Å². The lowest BCUT2D eigenvalue weighted by Crippen LogP contribution is -2.38. The number of hydrogen-bond donors (Lipinski definition) is 3. The minimum atomic E-state index is -0.687. The Bertz CT molecular complexity index is 979. The molecule has 0 fully saturated rings. The van der Waals surface area contributed by atoms with E-state index in [1.807, 2.05) is 5.43 Å². The van der Waals surface area contributed by atoms with Gasteiger partial charge >= 0.3 is 0 Å². The van der Waals surface area contributed by atoms with Crippen molar-refractivity contribution in [3.05, 3.63) is 47.2 Å². The number of nitrogens with one attached hydrogen (secondary N) is 2. The lowest BCUT2D eigenvalue weighted by molar-refractivity contribution is -0.117. The summed E-state index contributed by atoms with van der Waals surface area (Å²) in [7, 11) is 4.33. The number of rotatable bonds is 7. The molecule has 4 N–H and O–H groups in total. The van der Waals surface area contributed by atoms with Crippen LogP contribution in [0.2, 0.25) is 0 Å². The number of methoxy groups -OCH3 is 3. The van der Waals surface area contributed by atoms with Gasteiger partial charge in [-0.1, -0.05) is 6.07 Å². The molecule has 1 aliphatic rings. The molecule has 2 aromatic rings. The second-order valence-electron chi connectivity index (χ2n) is 6.01. The quantitative estimate of drug-likeness (QED) is 0.266. The van der Waals surface area contributed by atoms with Crippen molar-refractivity contribution in [2.45, 2.75) is 0 Å². The Labute approximate surface area is 172 Å². The minimum absolute atomic E-state index is 0.0740. The van der Waals surface area contributed by atoms with Crippen molar-refractivity contribution in [2.24, 2.45) is 5.84 Å². The Balaban J connectivity index is 1.92. The number of nitrogens with two attached hydrogens (primary N) is 1. The normalized spacial score (nSPS) is 12.2. The molecule has 0 unspecified atom stereocenters. The van der Waals surface area contributed by atoms with Gasteiger partial charge in [0.1, 0.15) is 5.70 Å². The van der Waals surface area contributed by atoms with Gasteiger partial charge in [0.15, 0.2) is 23.0 Å². The first-order valence-electron chi connectivity index (χ1n) is 8.74. The van der Waals surface area contributed by atoms with Gasteiger partial charge in [0.25, 0.3) is 11.8 Å². The number of hydrogen-bond acceptors (Lipinski definition) is 8. The third-order valence-electron chi connectivity index (χ3n) is 4.26. The fraction of sp³-hybridized carbons (Fsp3) is 0.200. The molecule has 2 amide bonds. The van der Waals surface area contributed by atoms with Crippen molar-refractivity contribution in [1.82, 2.24) is 10.7 Å². The second-order valence-corrected chi connectivity index (χ2v) is 6.01. The van der Waals surface area contributed by atoms with E-state index in [0.717, 1.165) is 0 Å². The summed E-state index contributed by atoms with van der Waals surface area (Å²) in [6.07, 6.45) is 1.46. The Morgan fingerprint density at radius 2 is 1.67 bits per heavy atom. The maximum atomic E-state index is 12.8.